The summed E-state index contributed by atoms with van der Waals surface area (Å²) in [6.45, 7) is 3.50. The monoisotopic (exact) mass is 341 g/mol. The van der Waals surface area contributed by atoms with E-state index in [0.29, 0.717) is 12.6 Å². The molecule has 2 aliphatic rings. The number of rotatable bonds is 6. The van der Waals surface area contributed by atoms with E-state index in [1.807, 2.05) is 0 Å². The fourth-order valence-electron chi connectivity index (χ4n) is 3.68. The number of fused-ring (bicyclic) bond motifs is 1. The Labute approximate surface area is 138 Å². The van der Waals surface area contributed by atoms with E-state index in [4.69, 9.17) is 0 Å². The zero-order chi connectivity index (χ0) is 16.3. The molecule has 1 aromatic heterocycles. The standard InChI is InChI=1S/C15H27N5O2S/c1-23(21,22)16-9-6-11-19-10-5-7-13(19)15-18-17-14-8-3-2-4-12-20(14)15/h13,16H,2-12H2,1H3/t13-/m0/s1. The molecule has 0 saturated carbocycles. The molecule has 0 unspecified atom stereocenters. The van der Waals surface area contributed by atoms with Crippen LogP contribution in [0.2, 0.25) is 0 Å². The van der Waals surface area contributed by atoms with Crippen molar-refractivity contribution in [3.8, 4) is 0 Å². The molecule has 1 aromatic rings. The molecule has 7 nitrogen and oxygen atoms in total. The Hall–Kier alpha value is -0.990. The van der Waals surface area contributed by atoms with Gasteiger partial charge in [-0.1, -0.05) is 6.42 Å². The molecule has 130 valence electrons. The number of nitrogens with one attached hydrogen (secondary N) is 1. The molecular weight excluding hydrogens is 314 g/mol. The van der Waals surface area contributed by atoms with Gasteiger partial charge in [0.1, 0.15) is 11.6 Å². The Bertz CT molecular complexity index is 628. The third-order valence-corrected chi connectivity index (χ3v) is 5.51. The Morgan fingerprint density at radius 1 is 1.17 bits per heavy atom. The van der Waals surface area contributed by atoms with Crippen molar-refractivity contribution in [3.05, 3.63) is 11.6 Å². The smallest absolute Gasteiger partial charge is 0.208 e. The first-order valence-corrected chi connectivity index (χ1v) is 10.5. The van der Waals surface area contributed by atoms with Crippen molar-refractivity contribution in [1.29, 1.82) is 0 Å². The molecule has 0 radical (unpaired) electrons. The minimum atomic E-state index is -3.09. The second-order valence-electron chi connectivity index (χ2n) is 6.65. The van der Waals surface area contributed by atoms with E-state index in [0.717, 1.165) is 50.5 Å². The number of hydrogen-bond donors (Lipinski definition) is 1. The van der Waals surface area contributed by atoms with Crippen molar-refractivity contribution in [2.24, 2.45) is 0 Å². The maximum Gasteiger partial charge on any atom is 0.208 e. The van der Waals surface area contributed by atoms with Crippen LogP contribution in [0.15, 0.2) is 0 Å². The van der Waals surface area contributed by atoms with E-state index in [2.05, 4.69) is 24.4 Å². The van der Waals surface area contributed by atoms with Crippen molar-refractivity contribution >= 4 is 10.0 Å². The quantitative estimate of drug-likeness (QED) is 0.783. The average Bonchev–Trinajstić information content (AvgIpc) is 3.03. The molecule has 3 rings (SSSR count). The average molecular weight is 341 g/mol. The molecular formula is C15H27N5O2S. The molecule has 3 heterocycles. The van der Waals surface area contributed by atoms with Crippen LogP contribution in [0.5, 0.6) is 0 Å². The van der Waals surface area contributed by atoms with Gasteiger partial charge in [-0.3, -0.25) is 4.90 Å². The highest BCUT2D eigenvalue weighted by molar-refractivity contribution is 7.88. The minimum Gasteiger partial charge on any atom is -0.314 e. The number of aryl methyl sites for hydroxylation is 1. The first-order valence-electron chi connectivity index (χ1n) is 8.65. The van der Waals surface area contributed by atoms with Crippen molar-refractivity contribution in [1.82, 2.24) is 24.4 Å². The second kappa shape index (κ2) is 7.27. The van der Waals surface area contributed by atoms with Crippen molar-refractivity contribution in [2.75, 3.05) is 25.9 Å². The SMILES string of the molecule is CS(=O)(=O)NCCCN1CCC[C@H]1c1nnc2n1CCCCC2. The Morgan fingerprint density at radius 2 is 2.04 bits per heavy atom. The van der Waals surface area contributed by atoms with E-state index in [9.17, 15) is 8.42 Å². The van der Waals surface area contributed by atoms with E-state index >= 15 is 0 Å². The molecule has 1 atom stereocenters. The minimum absolute atomic E-state index is 0.340. The van der Waals surface area contributed by atoms with E-state index in [1.54, 1.807) is 0 Å². The number of likely N-dealkylation sites (tertiary alicyclic amines) is 1. The van der Waals surface area contributed by atoms with Gasteiger partial charge in [0.2, 0.25) is 10.0 Å². The molecule has 1 saturated heterocycles. The normalized spacial score (nSPS) is 22.9. The molecule has 23 heavy (non-hydrogen) atoms. The maximum absolute atomic E-state index is 11.1. The van der Waals surface area contributed by atoms with Gasteiger partial charge in [0.25, 0.3) is 0 Å². The van der Waals surface area contributed by atoms with Crippen LogP contribution in [0.25, 0.3) is 0 Å². The van der Waals surface area contributed by atoms with Crippen LogP contribution in [0.4, 0.5) is 0 Å². The van der Waals surface area contributed by atoms with Crippen LogP contribution in [0.1, 0.15) is 56.2 Å². The first kappa shape index (κ1) is 16.9. The number of sulfonamides is 1. The summed E-state index contributed by atoms with van der Waals surface area (Å²) in [7, 11) is -3.09. The predicted octanol–water partition coefficient (Wildman–Crippen LogP) is 1.08. The van der Waals surface area contributed by atoms with Gasteiger partial charge in [0.05, 0.1) is 12.3 Å². The van der Waals surface area contributed by atoms with Crippen LogP contribution < -0.4 is 4.72 Å². The third-order valence-electron chi connectivity index (χ3n) is 4.79. The van der Waals surface area contributed by atoms with Gasteiger partial charge in [0.15, 0.2) is 0 Å². The lowest BCUT2D eigenvalue weighted by molar-refractivity contribution is 0.240. The summed E-state index contributed by atoms with van der Waals surface area (Å²) < 4.78 is 27.2. The zero-order valence-electron chi connectivity index (χ0n) is 13.9. The summed E-state index contributed by atoms with van der Waals surface area (Å²) in [5, 5.41) is 8.92. The lowest BCUT2D eigenvalue weighted by atomic mass is 10.2. The van der Waals surface area contributed by atoms with Crippen molar-refractivity contribution in [2.45, 2.75) is 57.5 Å². The summed E-state index contributed by atoms with van der Waals surface area (Å²) in [6.07, 6.45) is 9.06. The third kappa shape index (κ3) is 4.30. The van der Waals surface area contributed by atoms with Gasteiger partial charge in [-0.15, -0.1) is 10.2 Å². The molecule has 0 spiro atoms. The zero-order valence-corrected chi connectivity index (χ0v) is 14.7. The van der Waals surface area contributed by atoms with Gasteiger partial charge in [-0.05, 0) is 38.6 Å². The summed E-state index contributed by atoms with van der Waals surface area (Å²) in [5.41, 5.74) is 0. The van der Waals surface area contributed by atoms with Crippen LogP contribution in [0.3, 0.4) is 0 Å². The van der Waals surface area contributed by atoms with Crippen molar-refractivity contribution in [3.63, 3.8) is 0 Å². The lowest BCUT2D eigenvalue weighted by Gasteiger charge is -2.24. The van der Waals surface area contributed by atoms with Crippen LogP contribution in [-0.2, 0) is 23.0 Å². The molecule has 1 N–H and O–H groups in total. The van der Waals surface area contributed by atoms with Gasteiger partial charge in [-0.2, -0.15) is 0 Å². The molecule has 8 heteroatoms. The molecule has 2 aliphatic heterocycles. The Balaban J connectivity index is 1.62. The maximum atomic E-state index is 11.1. The highest BCUT2D eigenvalue weighted by atomic mass is 32.2. The summed E-state index contributed by atoms with van der Waals surface area (Å²) in [5.74, 6) is 2.26. The first-order chi connectivity index (χ1) is 11.0. The van der Waals surface area contributed by atoms with Crippen LogP contribution >= 0.6 is 0 Å². The Morgan fingerprint density at radius 3 is 2.87 bits per heavy atom. The van der Waals surface area contributed by atoms with E-state index < -0.39 is 10.0 Å². The molecule has 1 fully saturated rings. The topological polar surface area (TPSA) is 80.1 Å². The second-order valence-corrected chi connectivity index (χ2v) is 8.48. The number of aromatic nitrogens is 3. The Kier molecular flexibility index (Phi) is 5.33. The highest BCUT2D eigenvalue weighted by Gasteiger charge is 2.30. The fraction of sp³-hybridized carbons (Fsp3) is 0.867. The largest absolute Gasteiger partial charge is 0.314 e. The van der Waals surface area contributed by atoms with Gasteiger partial charge >= 0.3 is 0 Å². The van der Waals surface area contributed by atoms with E-state index in [-0.39, 0.29) is 0 Å². The number of hydrogen-bond acceptors (Lipinski definition) is 5. The molecule has 0 aliphatic carbocycles. The molecule has 0 bridgehead atoms. The fourth-order valence-corrected chi connectivity index (χ4v) is 4.20. The molecule has 0 aromatic carbocycles. The number of nitrogens with zero attached hydrogens (tertiary/aromatic N) is 4. The molecule has 0 amide bonds. The summed E-state index contributed by atoms with van der Waals surface area (Å²) in [6, 6.07) is 0.340. The van der Waals surface area contributed by atoms with Crippen LogP contribution in [-0.4, -0.2) is 54.0 Å². The van der Waals surface area contributed by atoms with Crippen LogP contribution in [0, 0.1) is 0 Å². The van der Waals surface area contributed by atoms with Crippen molar-refractivity contribution < 1.29 is 8.42 Å². The lowest BCUT2D eigenvalue weighted by Crippen LogP contribution is -2.30. The summed E-state index contributed by atoms with van der Waals surface area (Å²) in [4.78, 5) is 2.44. The van der Waals surface area contributed by atoms with Gasteiger partial charge in [0, 0.05) is 26.1 Å². The predicted molar refractivity (Wildman–Crippen MR) is 88.6 cm³/mol. The highest BCUT2D eigenvalue weighted by Crippen LogP contribution is 2.32. The summed E-state index contributed by atoms with van der Waals surface area (Å²) >= 11 is 0. The van der Waals surface area contributed by atoms with Gasteiger partial charge in [-0.25, -0.2) is 13.1 Å². The van der Waals surface area contributed by atoms with Gasteiger partial charge < -0.3 is 4.57 Å². The van der Waals surface area contributed by atoms with E-state index in [1.165, 1.54) is 31.9 Å².